The van der Waals surface area contributed by atoms with Crippen LogP contribution in [0.15, 0.2) is 4.99 Å². The van der Waals surface area contributed by atoms with Crippen LogP contribution in [0.1, 0.15) is 46.5 Å². The Morgan fingerprint density at radius 3 is 2.57 bits per heavy atom. The number of carbonyl (C=O) groups excluding carboxylic acids is 2. The van der Waals surface area contributed by atoms with Gasteiger partial charge < -0.3 is 29.9 Å². The molecule has 2 aliphatic heterocycles. The van der Waals surface area contributed by atoms with E-state index in [4.69, 9.17) is 9.47 Å². The number of ether oxygens (including phenoxy) is 2. The van der Waals surface area contributed by atoms with Gasteiger partial charge in [-0.3, -0.25) is 4.79 Å². The molecule has 0 spiro atoms. The van der Waals surface area contributed by atoms with Crippen molar-refractivity contribution >= 4 is 41.9 Å². The van der Waals surface area contributed by atoms with Crippen molar-refractivity contribution in [3.05, 3.63) is 0 Å². The first-order valence-electron chi connectivity index (χ1n) is 10.5. The molecule has 0 saturated carbocycles. The molecule has 2 N–H and O–H groups in total. The average molecular weight is 539 g/mol. The van der Waals surface area contributed by atoms with Crippen LogP contribution in [-0.2, 0) is 14.3 Å². The summed E-state index contributed by atoms with van der Waals surface area (Å²) in [6, 6.07) is 0.0514. The van der Waals surface area contributed by atoms with E-state index in [-0.39, 0.29) is 54.7 Å². The first-order valence-corrected chi connectivity index (χ1v) is 10.5. The van der Waals surface area contributed by atoms with Gasteiger partial charge in [-0.1, -0.05) is 0 Å². The van der Waals surface area contributed by atoms with Crippen LogP contribution in [0, 0.1) is 0 Å². The van der Waals surface area contributed by atoms with Gasteiger partial charge >= 0.3 is 6.09 Å². The molecule has 9 nitrogen and oxygen atoms in total. The molecule has 0 aromatic rings. The van der Waals surface area contributed by atoms with Gasteiger partial charge in [0.1, 0.15) is 12.1 Å². The molecule has 2 unspecified atom stereocenters. The standard InChI is InChI=1S/C20H37N5O4.HI/c1-20(2,3)29-19(27)25-10-9-15(14-25)23-18(22-13-17(26)24(4)5)21-12-16-8-6-7-11-28-16;/h15-16H,6-14H2,1-5H3,(H2,21,22,23);1H. The normalized spacial score (nSPS) is 22.2. The third-order valence-electron chi connectivity index (χ3n) is 4.82. The van der Waals surface area contributed by atoms with Crippen molar-refractivity contribution in [2.24, 2.45) is 4.99 Å². The van der Waals surface area contributed by atoms with Gasteiger partial charge in [-0.2, -0.15) is 0 Å². The van der Waals surface area contributed by atoms with E-state index in [1.54, 1.807) is 19.0 Å². The van der Waals surface area contributed by atoms with Crippen molar-refractivity contribution < 1.29 is 19.1 Å². The summed E-state index contributed by atoms with van der Waals surface area (Å²) in [5.74, 6) is 0.507. The third kappa shape index (κ3) is 9.67. The molecular weight excluding hydrogens is 501 g/mol. The number of hydrogen-bond acceptors (Lipinski definition) is 5. The zero-order valence-electron chi connectivity index (χ0n) is 18.9. The molecule has 2 atom stereocenters. The van der Waals surface area contributed by atoms with Crippen LogP contribution in [0.3, 0.4) is 0 Å². The van der Waals surface area contributed by atoms with Crippen molar-refractivity contribution in [2.75, 3.05) is 46.9 Å². The molecule has 2 rings (SSSR count). The molecule has 2 fully saturated rings. The number of likely N-dealkylation sites (N-methyl/N-ethyl adjacent to an activating group) is 1. The summed E-state index contributed by atoms with van der Waals surface area (Å²) in [4.78, 5) is 31.9. The van der Waals surface area contributed by atoms with E-state index in [0.717, 1.165) is 25.9 Å². The highest BCUT2D eigenvalue weighted by Gasteiger charge is 2.30. The predicted octanol–water partition coefficient (Wildman–Crippen LogP) is 1.81. The maximum atomic E-state index is 12.3. The maximum absolute atomic E-state index is 12.3. The van der Waals surface area contributed by atoms with Crippen LogP contribution in [-0.4, -0.2) is 92.4 Å². The summed E-state index contributed by atoms with van der Waals surface area (Å²) in [7, 11) is 3.42. The first-order chi connectivity index (χ1) is 13.6. The number of likely N-dealkylation sites (tertiary alicyclic amines) is 1. The molecule has 0 aliphatic carbocycles. The van der Waals surface area contributed by atoms with E-state index in [9.17, 15) is 9.59 Å². The lowest BCUT2D eigenvalue weighted by Gasteiger charge is -2.26. The quantitative estimate of drug-likeness (QED) is 0.315. The number of guanidine groups is 1. The Hall–Kier alpha value is -1.30. The van der Waals surface area contributed by atoms with Crippen LogP contribution >= 0.6 is 24.0 Å². The fourth-order valence-corrected chi connectivity index (χ4v) is 3.18. The van der Waals surface area contributed by atoms with Crippen molar-refractivity contribution in [2.45, 2.75) is 64.2 Å². The van der Waals surface area contributed by atoms with Gasteiger partial charge in [0.25, 0.3) is 0 Å². The molecule has 0 bridgehead atoms. The number of nitrogens with one attached hydrogen (secondary N) is 2. The molecule has 2 heterocycles. The smallest absolute Gasteiger partial charge is 0.410 e. The minimum atomic E-state index is -0.511. The Kier molecular flexibility index (Phi) is 11.2. The number of nitrogens with zero attached hydrogens (tertiary/aromatic N) is 3. The first kappa shape index (κ1) is 26.7. The lowest BCUT2D eigenvalue weighted by atomic mass is 10.1. The maximum Gasteiger partial charge on any atom is 0.410 e. The third-order valence-corrected chi connectivity index (χ3v) is 4.82. The van der Waals surface area contributed by atoms with E-state index in [0.29, 0.717) is 25.6 Å². The second-order valence-corrected chi connectivity index (χ2v) is 8.88. The van der Waals surface area contributed by atoms with Crippen molar-refractivity contribution in [1.82, 2.24) is 20.4 Å². The molecule has 2 saturated heterocycles. The number of hydrogen-bond donors (Lipinski definition) is 2. The summed E-state index contributed by atoms with van der Waals surface area (Å²) >= 11 is 0. The lowest BCUT2D eigenvalue weighted by Crippen LogP contribution is -2.48. The average Bonchev–Trinajstić information content (AvgIpc) is 3.11. The van der Waals surface area contributed by atoms with Crippen LogP contribution in [0.25, 0.3) is 0 Å². The fraction of sp³-hybridized carbons (Fsp3) is 0.850. The van der Waals surface area contributed by atoms with Gasteiger partial charge in [0.05, 0.1) is 6.10 Å². The Bertz CT molecular complexity index is 588. The monoisotopic (exact) mass is 539 g/mol. The van der Waals surface area contributed by atoms with E-state index in [1.807, 2.05) is 20.8 Å². The largest absolute Gasteiger partial charge is 0.444 e. The molecule has 0 aromatic carbocycles. The van der Waals surface area contributed by atoms with Crippen LogP contribution < -0.4 is 10.6 Å². The van der Waals surface area contributed by atoms with E-state index in [2.05, 4.69) is 15.6 Å². The summed E-state index contributed by atoms with van der Waals surface area (Å²) in [5, 5.41) is 6.66. The molecule has 30 heavy (non-hydrogen) atoms. The molecular formula is C20H38IN5O4. The number of aliphatic imine (C=N–C) groups is 1. The van der Waals surface area contributed by atoms with Gasteiger partial charge in [0.2, 0.25) is 5.91 Å². The Morgan fingerprint density at radius 2 is 1.97 bits per heavy atom. The number of rotatable bonds is 5. The molecule has 174 valence electrons. The van der Waals surface area contributed by atoms with E-state index >= 15 is 0 Å². The molecule has 2 amide bonds. The number of carbonyl (C=O) groups is 2. The van der Waals surface area contributed by atoms with Gasteiger partial charge in [-0.05, 0) is 46.5 Å². The number of halogens is 1. The highest BCUT2D eigenvalue weighted by atomic mass is 127. The Balaban J connectivity index is 0.00000450. The van der Waals surface area contributed by atoms with Gasteiger partial charge in [-0.25, -0.2) is 9.79 Å². The van der Waals surface area contributed by atoms with Gasteiger partial charge in [0, 0.05) is 46.4 Å². The minimum Gasteiger partial charge on any atom is -0.444 e. The lowest BCUT2D eigenvalue weighted by molar-refractivity contribution is -0.127. The fourth-order valence-electron chi connectivity index (χ4n) is 3.18. The molecule has 2 aliphatic rings. The second-order valence-electron chi connectivity index (χ2n) is 8.88. The number of amides is 2. The van der Waals surface area contributed by atoms with Crippen molar-refractivity contribution in [1.29, 1.82) is 0 Å². The van der Waals surface area contributed by atoms with Crippen LogP contribution in [0.4, 0.5) is 4.79 Å². The highest BCUT2D eigenvalue weighted by Crippen LogP contribution is 2.15. The van der Waals surface area contributed by atoms with Crippen LogP contribution in [0.2, 0.25) is 0 Å². The molecule has 10 heteroatoms. The summed E-state index contributed by atoms with van der Waals surface area (Å²) in [5.41, 5.74) is -0.511. The zero-order valence-corrected chi connectivity index (χ0v) is 21.2. The predicted molar refractivity (Wildman–Crippen MR) is 127 cm³/mol. The summed E-state index contributed by atoms with van der Waals surface area (Å²) in [6.45, 7) is 8.25. The van der Waals surface area contributed by atoms with E-state index < -0.39 is 5.60 Å². The Labute approximate surface area is 197 Å². The summed E-state index contributed by atoms with van der Waals surface area (Å²) in [6.07, 6.45) is 3.94. The Morgan fingerprint density at radius 1 is 1.23 bits per heavy atom. The zero-order chi connectivity index (χ0) is 21.4. The minimum absolute atomic E-state index is 0. The molecule has 0 aromatic heterocycles. The molecule has 0 radical (unpaired) electrons. The van der Waals surface area contributed by atoms with Gasteiger partial charge in [0.15, 0.2) is 5.96 Å². The van der Waals surface area contributed by atoms with Crippen molar-refractivity contribution in [3.8, 4) is 0 Å². The SMILES string of the molecule is CN(C)C(=O)CN=C(NCC1CCCCO1)NC1CCN(C(=O)OC(C)(C)C)C1.I. The highest BCUT2D eigenvalue weighted by molar-refractivity contribution is 14.0. The topological polar surface area (TPSA) is 95.5 Å². The summed E-state index contributed by atoms with van der Waals surface area (Å²) < 4.78 is 11.2. The van der Waals surface area contributed by atoms with Crippen molar-refractivity contribution in [3.63, 3.8) is 0 Å². The second kappa shape index (κ2) is 12.5. The van der Waals surface area contributed by atoms with E-state index in [1.165, 1.54) is 11.3 Å². The van der Waals surface area contributed by atoms with Gasteiger partial charge in [-0.15, -0.1) is 24.0 Å². The van der Waals surface area contributed by atoms with Crippen LogP contribution in [0.5, 0.6) is 0 Å².